The molecule has 0 unspecified atom stereocenters. The Hall–Kier alpha value is -1.01. The Morgan fingerprint density at radius 3 is 2.37 bits per heavy atom. The molecule has 1 aliphatic carbocycles. The molecule has 1 saturated carbocycles. The van der Waals surface area contributed by atoms with Crippen LogP contribution in [0.4, 0.5) is 0 Å². The first-order valence-electron chi connectivity index (χ1n) is 10.5. The average molecular weight is 476 g/mol. The van der Waals surface area contributed by atoms with Crippen molar-refractivity contribution in [2.75, 3.05) is 44.2 Å². The van der Waals surface area contributed by atoms with Gasteiger partial charge in [0.25, 0.3) is 10.0 Å². The maximum absolute atomic E-state index is 13.2. The quantitative estimate of drug-likeness (QED) is 0.610. The number of thiophene rings is 1. The molecular formula is C19H29N3O5S3. The van der Waals surface area contributed by atoms with Crippen molar-refractivity contribution in [2.24, 2.45) is 0 Å². The molecular weight excluding hydrogens is 446 g/mol. The van der Waals surface area contributed by atoms with Gasteiger partial charge in [-0.3, -0.25) is 9.69 Å². The van der Waals surface area contributed by atoms with Crippen molar-refractivity contribution < 1.29 is 21.6 Å². The number of hydrogen-bond donors (Lipinski definition) is 0. The fourth-order valence-electron chi connectivity index (χ4n) is 4.82. The number of nitrogens with zero attached hydrogens (tertiary/aromatic N) is 3. The molecule has 1 atom stereocenters. The van der Waals surface area contributed by atoms with Crippen molar-refractivity contribution in [3.8, 4) is 0 Å². The first-order chi connectivity index (χ1) is 14.3. The number of carbonyl (C=O) groups is 1. The number of rotatable bonds is 6. The first-order valence-corrected chi connectivity index (χ1v) is 14.7. The van der Waals surface area contributed by atoms with Crippen LogP contribution in [0, 0.1) is 0 Å². The van der Waals surface area contributed by atoms with Crippen LogP contribution in [0.25, 0.3) is 0 Å². The van der Waals surface area contributed by atoms with Crippen molar-refractivity contribution in [3.05, 3.63) is 17.5 Å². The van der Waals surface area contributed by atoms with Gasteiger partial charge in [0, 0.05) is 38.3 Å². The highest BCUT2D eigenvalue weighted by Crippen LogP contribution is 2.29. The van der Waals surface area contributed by atoms with Gasteiger partial charge in [0.05, 0.1) is 18.1 Å². The lowest BCUT2D eigenvalue weighted by atomic mass is 10.1. The van der Waals surface area contributed by atoms with Crippen LogP contribution in [0.1, 0.15) is 32.1 Å². The highest BCUT2D eigenvalue weighted by atomic mass is 32.2. The number of sulfonamides is 1. The summed E-state index contributed by atoms with van der Waals surface area (Å²) in [6.45, 7) is 1.93. The molecule has 11 heteroatoms. The van der Waals surface area contributed by atoms with Gasteiger partial charge < -0.3 is 4.90 Å². The minimum absolute atomic E-state index is 0.0152. The van der Waals surface area contributed by atoms with Gasteiger partial charge in [-0.05, 0) is 30.7 Å². The van der Waals surface area contributed by atoms with Crippen molar-refractivity contribution in [2.45, 2.75) is 48.4 Å². The van der Waals surface area contributed by atoms with Crippen molar-refractivity contribution in [1.82, 2.24) is 14.1 Å². The second kappa shape index (κ2) is 8.85. The van der Waals surface area contributed by atoms with Crippen LogP contribution in [0.15, 0.2) is 21.7 Å². The lowest BCUT2D eigenvalue weighted by molar-refractivity contribution is -0.137. The van der Waals surface area contributed by atoms with Crippen LogP contribution in [0.5, 0.6) is 0 Å². The Balaban J connectivity index is 1.38. The minimum Gasteiger partial charge on any atom is -0.335 e. The molecule has 0 bridgehead atoms. The largest absolute Gasteiger partial charge is 0.335 e. The van der Waals surface area contributed by atoms with Gasteiger partial charge in [0.2, 0.25) is 5.91 Å². The van der Waals surface area contributed by atoms with Crippen LogP contribution < -0.4 is 0 Å². The Morgan fingerprint density at radius 1 is 1.10 bits per heavy atom. The van der Waals surface area contributed by atoms with E-state index in [1.807, 2.05) is 9.80 Å². The summed E-state index contributed by atoms with van der Waals surface area (Å²) in [6.07, 6.45) is 4.56. The van der Waals surface area contributed by atoms with E-state index in [-0.39, 0.29) is 36.0 Å². The molecule has 0 spiro atoms. The molecule has 168 valence electrons. The lowest BCUT2D eigenvalue weighted by Gasteiger charge is -2.38. The predicted octanol–water partition coefficient (Wildman–Crippen LogP) is 1.01. The van der Waals surface area contributed by atoms with Crippen molar-refractivity contribution >= 4 is 37.1 Å². The fourth-order valence-corrected chi connectivity index (χ4v) is 9.10. The van der Waals surface area contributed by atoms with Gasteiger partial charge in [0.1, 0.15) is 4.21 Å². The zero-order chi connectivity index (χ0) is 21.4. The molecule has 8 nitrogen and oxygen atoms in total. The van der Waals surface area contributed by atoms with E-state index in [1.165, 1.54) is 15.6 Å². The van der Waals surface area contributed by atoms with Crippen LogP contribution in [-0.2, 0) is 24.7 Å². The van der Waals surface area contributed by atoms with E-state index >= 15 is 0 Å². The smallest absolute Gasteiger partial charge is 0.252 e. The Kier molecular flexibility index (Phi) is 6.55. The van der Waals surface area contributed by atoms with Gasteiger partial charge in [-0.25, -0.2) is 16.8 Å². The molecule has 1 aromatic rings. The van der Waals surface area contributed by atoms with Gasteiger partial charge in [-0.1, -0.05) is 18.9 Å². The van der Waals surface area contributed by atoms with E-state index in [1.54, 1.807) is 17.5 Å². The number of carbonyl (C=O) groups excluding carboxylic acids is 1. The lowest BCUT2D eigenvalue weighted by Crippen LogP contribution is -2.54. The van der Waals surface area contributed by atoms with E-state index in [2.05, 4.69) is 0 Å². The number of amides is 1. The molecule has 2 saturated heterocycles. The zero-order valence-corrected chi connectivity index (χ0v) is 19.4. The SMILES string of the molecule is O=C(CN1CCN(S(=O)(=O)c2cccs2)CC1)N(C1CCCC1)[C@@H]1CCS(=O)(=O)C1. The molecule has 0 N–H and O–H groups in total. The highest BCUT2D eigenvalue weighted by molar-refractivity contribution is 7.91. The van der Waals surface area contributed by atoms with Gasteiger partial charge >= 0.3 is 0 Å². The fraction of sp³-hybridized carbons (Fsp3) is 0.737. The Morgan fingerprint density at radius 2 is 1.80 bits per heavy atom. The highest BCUT2D eigenvalue weighted by Gasteiger charge is 2.39. The molecule has 4 rings (SSSR count). The normalized spacial score (nSPS) is 26.2. The average Bonchev–Trinajstić information content (AvgIpc) is 3.45. The molecule has 0 radical (unpaired) electrons. The summed E-state index contributed by atoms with van der Waals surface area (Å²) in [5, 5.41) is 1.75. The van der Waals surface area contributed by atoms with Crippen molar-refractivity contribution in [1.29, 1.82) is 0 Å². The summed E-state index contributed by atoms with van der Waals surface area (Å²) < 4.78 is 51.2. The molecule has 3 heterocycles. The maximum Gasteiger partial charge on any atom is 0.252 e. The summed E-state index contributed by atoms with van der Waals surface area (Å²) in [4.78, 5) is 17.1. The van der Waals surface area contributed by atoms with Gasteiger partial charge in [0.15, 0.2) is 9.84 Å². The first kappa shape index (κ1) is 22.2. The van der Waals surface area contributed by atoms with Gasteiger partial charge in [-0.15, -0.1) is 11.3 Å². The summed E-state index contributed by atoms with van der Waals surface area (Å²) in [6, 6.07) is 3.26. The zero-order valence-electron chi connectivity index (χ0n) is 17.0. The van der Waals surface area contributed by atoms with E-state index < -0.39 is 19.9 Å². The molecule has 0 aromatic carbocycles. The van der Waals surface area contributed by atoms with E-state index in [9.17, 15) is 21.6 Å². The van der Waals surface area contributed by atoms with Crippen LogP contribution >= 0.6 is 11.3 Å². The summed E-state index contributed by atoms with van der Waals surface area (Å²) in [5.41, 5.74) is 0. The molecule has 3 fully saturated rings. The topological polar surface area (TPSA) is 95.1 Å². The Bertz CT molecular complexity index is 948. The molecule has 30 heavy (non-hydrogen) atoms. The number of piperazine rings is 1. The van der Waals surface area contributed by atoms with Crippen LogP contribution in [-0.4, -0.2) is 93.2 Å². The number of sulfone groups is 1. The van der Waals surface area contributed by atoms with E-state index in [0.717, 1.165) is 25.7 Å². The Labute approximate surface area is 182 Å². The maximum atomic E-state index is 13.2. The van der Waals surface area contributed by atoms with Crippen molar-refractivity contribution in [3.63, 3.8) is 0 Å². The second-order valence-electron chi connectivity index (χ2n) is 8.41. The third kappa shape index (κ3) is 4.74. The van der Waals surface area contributed by atoms with Gasteiger partial charge in [-0.2, -0.15) is 4.31 Å². The number of hydrogen-bond acceptors (Lipinski definition) is 7. The van der Waals surface area contributed by atoms with Crippen LogP contribution in [0.3, 0.4) is 0 Å². The molecule has 3 aliphatic rings. The van der Waals surface area contributed by atoms with Crippen LogP contribution in [0.2, 0.25) is 0 Å². The van der Waals surface area contributed by atoms with E-state index in [4.69, 9.17) is 0 Å². The summed E-state index contributed by atoms with van der Waals surface area (Å²) in [5.74, 6) is 0.216. The second-order valence-corrected chi connectivity index (χ2v) is 13.7. The monoisotopic (exact) mass is 475 g/mol. The third-order valence-corrected chi connectivity index (χ3v) is 11.4. The molecule has 1 amide bonds. The summed E-state index contributed by atoms with van der Waals surface area (Å²) in [7, 11) is -6.52. The minimum atomic E-state index is -3.46. The molecule has 2 aliphatic heterocycles. The molecule has 1 aromatic heterocycles. The summed E-state index contributed by atoms with van der Waals surface area (Å²) >= 11 is 1.21. The predicted molar refractivity (Wildman–Crippen MR) is 116 cm³/mol. The van der Waals surface area contributed by atoms with E-state index in [0.29, 0.717) is 36.8 Å². The standard InChI is InChI=1S/C19H29N3O5S3/c23-18(22(16-4-1-2-5-16)17-7-13-29(24,25)15-17)14-20-8-10-21(11-9-20)30(26,27)19-6-3-12-28-19/h3,6,12,16-17H,1-2,4-5,7-11,13-15H2/t17-/m1/s1. The third-order valence-electron chi connectivity index (χ3n) is 6.39.